The second-order valence-electron chi connectivity index (χ2n) is 4.15. The van der Waals surface area contributed by atoms with Crippen LogP contribution in [0.1, 0.15) is 31.2 Å². The summed E-state index contributed by atoms with van der Waals surface area (Å²) in [5.74, 6) is 0. The van der Waals surface area contributed by atoms with Gasteiger partial charge in [-0.3, -0.25) is 0 Å². The molecule has 18 heavy (non-hydrogen) atoms. The van der Waals surface area contributed by atoms with Crippen molar-refractivity contribution in [2.45, 2.75) is 25.7 Å². The van der Waals surface area contributed by atoms with Gasteiger partial charge in [0.05, 0.1) is 0 Å². The van der Waals surface area contributed by atoms with Gasteiger partial charge < -0.3 is 0 Å². The van der Waals surface area contributed by atoms with E-state index in [0.717, 1.165) is 0 Å². The van der Waals surface area contributed by atoms with E-state index >= 15 is 0 Å². The predicted octanol–water partition coefficient (Wildman–Crippen LogP) is 5.56. The smallest absolute Gasteiger partial charge is 0.0257 e. The van der Waals surface area contributed by atoms with Crippen molar-refractivity contribution in [3.8, 4) is 0 Å². The molecule has 0 radical (unpaired) electrons. The topological polar surface area (TPSA) is 0 Å². The summed E-state index contributed by atoms with van der Waals surface area (Å²) in [6.07, 6.45) is 19.7. The molecule has 0 amide bonds. The van der Waals surface area contributed by atoms with Crippen LogP contribution in [0.4, 0.5) is 0 Å². The minimum atomic E-state index is 1.21. The molecule has 2 rings (SSSR count). The molecule has 1 aliphatic carbocycles. The van der Waals surface area contributed by atoms with Crippen molar-refractivity contribution in [2.75, 3.05) is 0 Å². The monoisotopic (exact) mass is 238 g/mol. The van der Waals surface area contributed by atoms with Crippen LogP contribution >= 0.6 is 0 Å². The normalized spacial score (nSPS) is 14.4. The zero-order valence-electron chi connectivity index (χ0n) is 11.0. The lowest BCUT2D eigenvalue weighted by molar-refractivity contribution is 0.758. The molecular formula is C18H22. The van der Waals surface area contributed by atoms with Crippen molar-refractivity contribution < 1.29 is 0 Å². The lowest BCUT2D eigenvalue weighted by atomic mass is 10.1. The molecule has 0 heteroatoms. The SMILES string of the molecule is C1=CCCCCC=C1.C=CC=Cc1ccccc1. The average Bonchev–Trinajstić information content (AvgIpc) is 2.37. The Bertz CT molecular complexity index is 379. The van der Waals surface area contributed by atoms with Crippen LogP contribution in [0.25, 0.3) is 6.08 Å². The highest BCUT2D eigenvalue weighted by molar-refractivity contribution is 5.50. The first-order chi connectivity index (χ1) is 8.93. The van der Waals surface area contributed by atoms with Crippen molar-refractivity contribution in [3.05, 3.63) is 78.9 Å². The summed E-state index contributed by atoms with van der Waals surface area (Å²) < 4.78 is 0. The van der Waals surface area contributed by atoms with E-state index in [0.29, 0.717) is 0 Å². The van der Waals surface area contributed by atoms with Crippen molar-refractivity contribution in [3.63, 3.8) is 0 Å². The molecular weight excluding hydrogens is 216 g/mol. The highest BCUT2D eigenvalue weighted by Gasteiger charge is 1.84. The maximum atomic E-state index is 3.59. The quantitative estimate of drug-likeness (QED) is 0.592. The Hall–Kier alpha value is -1.82. The zero-order chi connectivity index (χ0) is 12.9. The number of rotatable bonds is 2. The molecule has 1 aliphatic rings. The Morgan fingerprint density at radius 2 is 1.50 bits per heavy atom. The fourth-order valence-electron chi connectivity index (χ4n) is 1.62. The lowest BCUT2D eigenvalue weighted by Crippen LogP contribution is -1.74. The minimum Gasteiger partial charge on any atom is -0.0991 e. The van der Waals surface area contributed by atoms with Crippen LogP contribution in [-0.2, 0) is 0 Å². The van der Waals surface area contributed by atoms with Gasteiger partial charge in [0, 0.05) is 0 Å². The first-order valence-corrected chi connectivity index (χ1v) is 6.59. The highest BCUT2D eigenvalue weighted by atomic mass is 13.9. The maximum Gasteiger partial charge on any atom is -0.0257 e. The second-order valence-corrected chi connectivity index (χ2v) is 4.15. The molecule has 0 aliphatic heterocycles. The second kappa shape index (κ2) is 10.3. The predicted molar refractivity (Wildman–Crippen MR) is 82.4 cm³/mol. The van der Waals surface area contributed by atoms with Gasteiger partial charge >= 0.3 is 0 Å². The van der Waals surface area contributed by atoms with E-state index in [1.807, 2.05) is 30.4 Å². The van der Waals surface area contributed by atoms with Gasteiger partial charge in [-0.05, 0) is 31.2 Å². The number of allylic oxidation sites excluding steroid dienone is 6. The number of hydrogen-bond donors (Lipinski definition) is 0. The third-order valence-corrected chi connectivity index (χ3v) is 2.60. The lowest BCUT2D eigenvalue weighted by Gasteiger charge is -1.94. The van der Waals surface area contributed by atoms with Crippen LogP contribution in [0.2, 0.25) is 0 Å². The van der Waals surface area contributed by atoms with E-state index in [4.69, 9.17) is 0 Å². The van der Waals surface area contributed by atoms with Crippen LogP contribution in [-0.4, -0.2) is 0 Å². The van der Waals surface area contributed by atoms with Gasteiger partial charge in [-0.1, -0.05) is 79.4 Å². The Balaban J connectivity index is 0.000000184. The van der Waals surface area contributed by atoms with Gasteiger partial charge in [-0.2, -0.15) is 0 Å². The number of benzene rings is 1. The molecule has 1 aromatic carbocycles. The summed E-state index contributed by atoms with van der Waals surface area (Å²) in [7, 11) is 0. The molecule has 0 unspecified atom stereocenters. The van der Waals surface area contributed by atoms with E-state index < -0.39 is 0 Å². The molecule has 0 heterocycles. The van der Waals surface area contributed by atoms with Crippen molar-refractivity contribution in [1.82, 2.24) is 0 Å². The van der Waals surface area contributed by atoms with E-state index in [1.165, 1.54) is 31.2 Å². The molecule has 0 saturated heterocycles. The number of hydrogen-bond acceptors (Lipinski definition) is 0. The molecule has 0 bridgehead atoms. The fraction of sp³-hybridized carbons (Fsp3) is 0.222. The van der Waals surface area contributed by atoms with E-state index in [-0.39, 0.29) is 0 Å². The van der Waals surface area contributed by atoms with Crippen LogP contribution in [0.5, 0.6) is 0 Å². The highest BCUT2D eigenvalue weighted by Crippen LogP contribution is 2.04. The molecule has 0 saturated carbocycles. The van der Waals surface area contributed by atoms with Crippen LogP contribution in [0.15, 0.2) is 73.4 Å². The van der Waals surface area contributed by atoms with Crippen molar-refractivity contribution >= 4 is 6.08 Å². The Morgan fingerprint density at radius 3 is 2.06 bits per heavy atom. The molecule has 1 aromatic rings. The molecule has 0 N–H and O–H groups in total. The van der Waals surface area contributed by atoms with E-state index in [9.17, 15) is 0 Å². The van der Waals surface area contributed by atoms with Crippen LogP contribution in [0, 0.1) is 0 Å². The minimum absolute atomic E-state index is 1.21. The average molecular weight is 238 g/mol. The van der Waals surface area contributed by atoms with Gasteiger partial charge in [-0.25, -0.2) is 0 Å². The molecule has 0 atom stereocenters. The Morgan fingerprint density at radius 1 is 0.889 bits per heavy atom. The molecule has 94 valence electrons. The van der Waals surface area contributed by atoms with E-state index in [2.05, 4.69) is 43.0 Å². The van der Waals surface area contributed by atoms with Crippen molar-refractivity contribution in [2.24, 2.45) is 0 Å². The fourth-order valence-corrected chi connectivity index (χ4v) is 1.62. The van der Waals surface area contributed by atoms with Gasteiger partial charge in [-0.15, -0.1) is 0 Å². The summed E-state index contributed by atoms with van der Waals surface area (Å²) in [6, 6.07) is 10.1. The maximum absolute atomic E-state index is 3.59. The van der Waals surface area contributed by atoms with Crippen LogP contribution < -0.4 is 0 Å². The zero-order valence-corrected chi connectivity index (χ0v) is 11.0. The summed E-state index contributed by atoms with van der Waals surface area (Å²) in [5, 5.41) is 0. The summed E-state index contributed by atoms with van der Waals surface area (Å²) >= 11 is 0. The largest absolute Gasteiger partial charge is 0.0991 e. The van der Waals surface area contributed by atoms with Gasteiger partial charge in [0.25, 0.3) is 0 Å². The van der Waals surface area contributed by atoms with Gasteiger partial charge in [0.1, 0.15) is 0 Å². The van der Waals surface area contributed by atoms with Gasteiger partial charge in [0.15, 0.2) is 0 Å². The molecule has 0 spiro atoms. The first-order valence-electron chi connectivity index (χ1n) is 6.59. The molecule has 0 fully saturated rings. The third-order valence-electron chi connectivity index (χ3n) is 2.60. The Labute approximate surface area is 111 Å². The standard InChI is InChI=1S/C10H10.C8H12/c1-2-3-7-10-8-5-4-6-9-10;1-2-4-6-8-7-5-3-1/h2-9H,1H2;1-4H,5-8H2. The summed E-state index contributed by atoms with van der Waals surface area (Å²) in [5.41, 5.74) is 1.21. The van der Waals surface area contributed by atoms with Gasteiger partial charge in [0.2, 0.25) is 0 Å². The van der Waals surface area contributed by atoms with Crippen LogP contribution in [0.3, 0.4) is 0 Å². The Kier molecular flexibility index (Phi) is 8.18. The first kappa shape index (κ1) is 14.2. The summed E-state index contributed by atoms with van der Waals surface area (Å²) in [6.45, 7) is 3.59. The molecule has 0 nitrogen and oxygen atoms in total. The van der Waals surface area contributed by atoms with E-state index in [1.54, 1.807) is 6.08 Å². The summed E-state index contributed by atoms with van der Waals surface area (Å²) in [4.78, 5) is 0. The molecule has 0 aromatic heterocycles. The third kappa shape index (κ3) is 7.45. The van der Waals surface area contributed by atoms with Crippen molar-refractivity contribution in [1.29, 1.82) is 0 Å².